The fourth-order valence-corrected chi connectivity index (χ4v) is 5.95. The van der Waals surface area contributed by atoms with E-state index < -0.39 is 16.0 Å². The van der Waals surface area contributed by atoms with Crippen molar-refractivity contribution < 1.29 is 22.7 Å². The molecule has 1 fully saturated rings. The second kappa shape index (κ2) is 14.1. The summed E-state index contributed by atoms with van der Waals surface area (Å²) in [4.78, 5) is 24.2. The fourth-order valence-electron chi connectivity index (χ4n) is 5.43. The smallest absolute Gasteiger partial charge is 0.345 e. The first-order chi connectivity index (χ1) is 22.0. The molecule has 1 aliphatic heterocycles. The van der Waals surface area contributed by atoms with Gasteiger partial charge in [-0.15, -0.1) is 0 Å². The number of nitrogens with one attached hydrogen (secondary N) is 1. The molecule has 46 heavy (non-hydrogen) atoms. The van der Waals surface area contributed by atoms with Crippen LogP contribution in [0.5, 0.6) is 11.6 Å². The van der Waals surface area contributed by atoms with Crippen LogP contribution < -0.4 is 15.2 Å². The summed E-state index contributed by atoms with van der Waals surface area (Å²) in [6.45, 7) is 8.14. The zero-order chi connectivity index (χ0) is 32.8. The SMILES string of the molecule is CCOC(=O)c1cnc(NC2CCN(Cc3ccc(S(N)(=O)=O)cc3)CC2)nc1Oc1c(C)cc(-c2ccc(C#N)cc2)cc1C. The molecule has 0 bridgehead atoms. The van der Waals surface area contributed by atoms with Crippen molar-refractivity contribution in [3.05, 3.63) is 94.7 Å². The van der Waals surface area contributed by atoms with E-state index in [1.54, 1.807) is 31.2 Å². The summed E-state index contributed by atoms with van der Waals surface area (Å²) in [7, 11) is -3.72. The van der Waals surface area contributed by atoms with Gasteiger partial charge in [0.05, 0.1) is 29.3 Å². The Kier molecular flexibility index (Phi) is 9.96. The van der Waals surface area contributed by atoms with Crippen LogP contribution in [0.3, 0.4) is 0 Å². The highest BCUT2D eigenvalue weighted by Gasteiger charge is 2.23. The number of anilines is 1. The lowest BCUT2D eigenvalue weighted by Gasteiger charge is -2.32. The third kappa shape index (κ3) is 7.87. The minimum atomic E-state index is -3.72. The van der Waals surface area contributed by atoms with E-state index in [1.807, 2.05) is 38.1 Å². The number of nitriles is 1. The van der Waals surface area contributed by atoms with E-state index in [4.69, 9.17) is 19.9 Å². The number of nitrogens with zero attached hydrogens (tertiary/aromatic N) is 4. The molecular weight excluding hydrogens is 604 g/mol. The molecule has 238 valence electrons. The molecule has 0 radical (unpaired) electrons. The summed E-state index contributed by atoms with van der Waals surface area (Å²) in [6, 6.07) is 20.3. The summed E-state index contributed by atoms with van der Waals surface area (Å²) >= 11 is 0. The van der Waals surface area contributed by atoms with E-state index in [1.165, 1.54) is 18.3 Å². The number of rotatable bonds is 10. The molecule has 1 aromatic heterocycles. The number of nitrogens with two attached hydrogens (primary N) is 1. The molecule has 0 unspecified atom stereocenters. The average molecular weight is 641 g/mol. The first-order valence-electron chi connectivity index (χ1n) is 15.0. The minimum absolute atomic E-state index is 0.0990. The van der Waals surface area contributed by atoms with Crippen molar-refractivity contribution in [2.45, 2.75) is 51.1 Å². The highest BCUT2D eigenvalue weighted by Crippen LogP contribution is 2.34. The molecule has 3 N–H and O–H groups in total. The molecule has 0 aliphatic carbocycles. The van der Waals surface area contributed by atoms with Crippen LogP contribution in [0.2, 0.25) is 0 Å². The van der Waals surface area contributed by atoms with Crippen LogP contribution in [0, 0.1) is 25.2 Å². The summed E-state index contributed by atoms with van der Waals surface area (Å²) in [5.74, 6) is 0.468. The molecule has 1 aliphatic rings. The van der Waals surface area contributed by atoms with Crippen LogP contribution in [-0.2, 0) is 21.3 Å². The van der Waals surface area contributed by atoms with Gasteiger partial charge in [-0.1, -0.05) is 24.3 Å². The number of carbonyl (C=O) groups excluding carboxylic acids is 1. The molecule has 4 aromatic rings. The number of benzene rings is 3. The maximum absolute atomic E-state index is 12.8. The van der Waals surface area contributed by atoms with Crippen LogP contribution in [0.25, 0.3) is 11.1 Å². The van der Waals surface area contributed by atoms with Crippen molar-refractivity contribution in [3.63, 3.8) is 0 Å². The van der Waals surface area contributed by atoms with Crippen LogP contribution >= 0.6 is 0 Å². The molecule has 11 nitrogen and oxygen atoms in total. The number of carbonyl (C=O) groups is 1. The van der Waals surface area contributed by atoms with Crippen molar-refractivity contribution in [2.24, 2.45) is 5.14 Å². The quantitative estimate of drug-likeness (QED) is 0.217. The lowest BCUT2D eigenvalue weighted by atomic mass is 9.99. The summed E-state index contributed by atoms with van der Waals surface area (Å²) < 4.78 is 34.6. The largest absolute Gasteiger partial charge is 0.462 e. The van der Waals surface area contributed by atoms with Gasteiger partial charge in [-0.2, -0.15) is 10.2 Å². The maximum atomic E-state index is 12.8. The molecular formula is C34H36N6O5S. The molecule has 0 amide bonds. The van der Waals surface area contributed by atoms with E-state index in [0.717, 1.165) is 53.7 Å². The Hall–Kier alpha value is -4.83. The Morgan fingerprint density at radius 3 is 2.28 bits per heavy atom. The zero-order valence-electron chi connectivity index (χ0n) is 26.0. The number of aryl methyl sites for hydroxylation is 2. The molecule has 5 rings (SSSR count). The van der Waals surface area contributed by atoms with Gasteiger partial charge in [0.25, 0.3) is 0 Å². The summed E-state index contributed by atoms with van der Waals surface area (Å²) in [5, 5.41) is 17.7. The highest BCUT2D eigenvalue weighted by molar-refractivity contribution is 7.89. The Balaban J connectivity index is 1.29. The standard InChI is InChI=1S/C34H36N6O5S/c1-4-44-33(41)30-20-37-34(38-28-13-15-40(16-14-28)21-25-7-11-29(12-8-25)46(36,42)43)39-32(30)45-31-22(2)17-27(18-23(31)3)26-9-5-24(19-35)6-10-26/h5-12,17-18,20,28H,4,13-16,21H2,1-3H3,(H2,36,42,43)(H,37,38,39). The maximum Gasteiger partial charge on any atom is 0.345 e. The van der Waals surface area contributed by atoms with Gasteiger partial charge in [0.1, 0.15) is 11.3 Å². The Bertz CT molecular complexity index is 1840. The van der Waals surface area contributed by atoms with Crippen LogP contribution in [0.1, 0.15) is 52.4 Å². The lowest BCUT2D eigenvalue weighted by Crippen LogP contribution is -2.39. The average Bonchev–Trinajstić information content (AvgIpc) is 3.04. The van der Waals surface area contributed by atoms with Gasteiger partial charge in [0.2, 0.25) is 21.9 Å². The van der Waals surface area contributed by atoms with E-state index in [-0.39, 0.29) is 29.0 Å². The molecule has 0 saturated carbocycles. The van der Waals surface area contributed by atoms with E-state index >= 15 is 0 Å². The van der Waals surface area contributed by atoms with Crippen molar-refractivity contribution in [3.8, 4) is 28.8 Å². The predicted octanol–water partition coefficient (Wildman–Crippen LogP) is 5.33. The number of likely N-dealkylation sites (tertiary alicyclic amines) is 1. The lowest BCUT2D eigenvalue weighted by molar-refractivity contribution is 0.0522. The summed E-state index contributed by atoms with van der Waals surface area (Å²) in [5.41, 5.74) is 5.40. The molecule has 1 saturated heterocycles. The third-order valence-corrected chi connectivity index (χ3v) is 8.76. The topological polar surface area (TPSA) is 161 Å². The molecule has 2 heterocycles. The molecule has 3 aromatic carbocycles. The van der Waals surface area contributed by atoms with Gasteiger partial charge in [-0.05, 0) is 97.8 Å². The van der Waals surface area contributed by atoms with E-state index in [9.17, 15) is 13.2 Å². The number of hydrogen-bond acceptors (Lipinski definition) is 10. The highest BCUT2D eigenvalue weighted by atomic mass is 32.2. The summed E-state index contributed by atoms with van der Waals surface area (Å²) in [6.07, 6.45) is 3.10. The second-order valence-electron chi connectivity index (χ2n) is 11.2. The van der Waals surface area contributed by atoms with Crippen molar-refractivity contribution in [1.82, 2.24) is 14.9 Å². The van der Waals surface area contributed by atoms with E-state index in [2.05, 4.69) is 26.3 Å². The van der Waals surface area contributed by atoms with Gasteiger partial charge in [-0.3, -0.25) is 4.90 Å². The monoisotopic (exact) mass is 640 g/mol. The zero-order valence-corrected chi connectivity index (χ0v) is 26.8. The number of esters is 1. The van der Waals surface area contributed by atoms with Gasteiger partial charge in [0.15, 0.2) is 0 Å². The van der Waals surface area contributed by atoms with Gasteiger partial charge < -0.3 is 14.8 Å². The normalized spacial score (nSPS) is 14.0. The minimum Gasteiger partial charge on any atom is -0.462 e. The van der Waals surface area contributed by atoms with Crippen LogP contribution in [0.15, 0.2) is 71.8 Å². The number of aromatic nitrogens is 2. The molecule has 0 spiro atoms. The van der Waals surface area contributed by atoms with Gasteiger partial charge in [0, 0.05) is 25.7 Å². The number of piperidine rings is 1. The third-order valence-electron chi connectivity index (χ3n) is 7.83. The van der Waals surface area contributed by atoms with Crippen molar-refractivity contribution in [2.75, 3.05) is 25.0 Å². The van der Waals surface area contributed by atoms with Crippen LogP contribution in [0.4, 0.5) is 5.95 Å². The number of ether oxygens (including phenoxy) is 2. The van der Waals surface area contributed by atoms with Gasteiger partial charge >= 0.3 is 5.97 Å². The number of primary sulfonamides is 1. The second-order valence-corrected chi connectivity index (χ2v) is 12.8. The molecule has 0 atom stereocenters. The molecule has 12 heteroatoms. The number of hydrogen-bond donors (Lipinski definition) is 2. The number of sulfonamides is 1. The van der Waals surface area contributed by atoms with Crippen molar-refractivity contribution >= 4 is 21.9 Å². The Morgan fingerprint density at radius 2 is 1.70 bits per heavy atom. The van der Waals surface area contributed by atoms with Crippen molar-refractivity contribution in [1.29, 1.82) is 5.26 Å². The Morgan fingerprint density at radius 1 is 1.04 bits per heavy atom. The van der Waals surface area contributed by atoms with Crippen LogP contribution in [-0.4, -0.2) is 55.0 Å². The first kappa shape index (κ1) is 32.6. The first-order valence-corrected chi connectivity index (χ1v) is 16.5. The predicted molar refractivity (Wildman–Crippen MR) is 174 cm³/mol. The fraction of sp³-hybridized carbons (Fsp3) is 0.294. The van der Waals surface area contributed by atoms with Gasteiger partial charge in [-0.25, -0.2) is 23.3 Å². The van der Waals surface area contributed by atoms with E-state index in [0.29, 0.717) is 23.8 Å². The Labute approximate surface area is 269 Å².